The summed E-state index contributed by atoms with van der Waals surface area (Å²) in [6.45, 7) is 1.94. The van der Waals surface area contributed by atoms with Gasteiger partial charge in [0.2, 0.25) is 0 Å². The molecule has 1 atom stereocenters. The number of nitrogens with one attached hydrogen (secondary N) is 1. The average molecular weight is 641 g/mol. The first-order valence-electron chi connectivity index (χ1n) is 9.36. The Morgan fingerprint density at radius 3 is 2.67 bits per heavy atom. The predicted molar refractivity (Wildman–Crippen MR) is 143 cm³/mol. The number of anilines is 2. The van der Waals surface area contributed by atoms with E-state index in [-0.39, 0.29) is 17.4 Å². The van der Waals surface area contributed by atoms with E-state index in [0.717, 1.165) is 28.5 Å². The molecular formula is C19H17ClF2IN6OPS2. The second-order valence-electron chi connectivity index (χ2n) is 6.96. The predicted octanol–water partition coefficient (Wildman–Crippen LogP) is 7.49. The zero-order valence-corrected chi connectivity index (χ0v) is 23.0. The third-order valence-corrected chi connectivity index (χ3v) is 8.10. The largest absolute Gasteiger partial charge is 0.407 e. The maximum atomic E-state index is 13.6. The SMILES string of the molecule is Cc1csc(-c2ccc(Nc3cc(Cl)nc4c3nc(C(F)F)n4PI)c(OSN(C)C)c2)n1. The molecule has 1 N–H and O–H groups in total. The quantitative estimate of drug-likeness (QED) is 0.0704. The van der Waals surface area contributed by atoms with Crippen LogP contribution in [0, 0.1) is 6.92 Å². The number of hydrogen-bond donors (Lipinski definition) is 1. The van der Waals surface area contributed by atoms with Crippen LogP contribution in [0.25, 0.3) is 21.7 Å². The van der Waals surface area contributed by atoms with Crippen molar-refractivity contribution in [1.82, 2.24) is 23.6 Å². The van der Waals surface area contributed by atoms with Crippen molar-refractivity contribution in [2.45, 2.75) is 13.3 Å². The molecule has 33 heavy (non-hydrogen) atoms. The van der Waals surface area contributed by atoms with Gasteiger partial charge in [-0.05, 0) is 47.2 Å². The molecule has 0 aliphatic rings. The number of aromatic nitrogens is 4. The average Bonchev–Trinajstić information content (AvgIpc) is 3.36. The summed E-state index contributed by atoms with van der Waals surface area (Å²) in [5, 5.41) is 6.27. The van der Waals surface area contributed by atoms with Crippen LogP contribution in [0.2, 0.25) is 5.15 Å². The molecular weight excluding hydrogens is 624 g/mol. The van der Waals surface area contributed by atoms with E-state index >= 15 is 0 Å². The summed E-state index contributed by atoms with van der Waals surface area (Å²) in [5.74, 6) is 0.203. The Hall–Kier alpha value is -1.31. The Bertz CT molecular complexity index is 1310. The maximum absolute atomic E-state index is 13.6. The molecule has 174 valence electrons. The molecule has 0 radical (unpaired) electrons. The van der Waals surface area contributed by atoms with Gasteiger partial charge in [-0.2, -0.15) is 0 Å². The van der Waals surface area contributed by atoms with Gasteiger partial charge in [0.05, 0.1) is 17.7 Å². The normalized spacial score (nSPS) is 12.0. The second kappa shape index (κ2) is 10.5. The summed E-state index contributed by atoms with van der Waals surface area (Å²) in [5.41, 5.74) is 3.53. The van der Waals surface area contributed by atoms with Crippen LogP contribution in [-0.2, 0) is 0 Å². The molecule has 0 bridgehead atoms. The fourth-order valence-corrected chi connectivity index (χ4v) is 6.18. The monoisotopic (exact) mass is 640 g/mol. The highest BCUT2D eigenvalue weighted by molar-refractivity contribution is 14.2. The van der Waals surface area contributed by atoms with E-state index in [2.05, 4.69) is 20.3 Å². The number of fused-ring (bicyclic) bond motifs is 1. The minimum atomic E-state index is -2.73. The van der Waals surface area contributed by atoms with Gasteiger partial charge >= 0.3 is 0 Å². The number of imidazole rings is 1. The zero-order valence-electron chi connectivity index (χ0n) is 17.4. The minimum absolute atomic E-state index is 0.00466. The molecule has 4 aromatic rings. The molecule has 3 heterocycles. The molecule has 7 nitrogen and oxygen atoms in total. The summed E-state index contributed by atoms with van der Waals surface area (Å²) in [6.07, 6.45) is -2.74. The van der Waals surface area contributed by atoms with Gasteiger partial charge in [0, 0.05) is 36.8 Å². The Balaban J connectivity index is 1.79. The van der Waals surface area contributed by atoms with Crippen molar-refractivity contribution in [3.63, 3.8) is 0 Å². The second-order valence-corrected chi connectivity index (χ2v) is 11.3. The van der Waals surface area contributed by atoms with E-state index in [0.29, 0.717) is 28.3 Å². The molecule has 0 aliphatic carbocycles. The molecule has 3 aromatic heterocycles. The highest BCUT2D eigenvalue weighted by Crippen LogP contribution is 2.40. The van der Waals surface area contributed by atoms with Gasteiger partial charge < -0.3 is 9.50 Å². The minimum Gasteiger partial charge on any atom is -0.407 e. The van der Waals surface area contributed by atoms with Crippen molar-refractivity contribution in [2.24, 2.45) is 0 Å². The van der Waals surface area contributed by atoms with Crippen molar-refractivity contribution in [2.75, 3.05) is 19.4 Å². The van der Waals surface area contributed by atoms with Crippen LogP contribution in [0.4, 0.5) is 20.2 Å². The maximum Gasteiger partial charge on any atom is 0.295 e. The number of aryl methyl sites for hydroxylation is 1. The Morgan fingerprint density at radius 2 is 2.03 bits per heavy atom. The number of hydrogen-bond acceptors (Lipinski definition) is 8. The fourth-order valence-electron chi connectivity index (χ4n) is 2.93. The van der Waals surface area contributed by atoms with Gasteiger partial charge in [-0.25, -0.2) is 28.0 Å². The van der Waals surface area contributed by atoms with Gasteiger partial charge in [-0.1, -0.05) is 11.6 Å². The summed E-state index contributed by atoms with van der Waals surface area (Å²) >= 11 is 11.0. The topological polar surface area (TPSA) is 68.1 Å². The lowest BCUT2D eigenvalue weighted by Gasteiger charge is -2.15. The first-order chi connectivity index (χ1) is 15.8. The molecule has 14 heteroatoms. The molecule has 0 saturated carbocycles. The lowest BCUT2D eigenvalue weighted by molar-refractivity contribution is 0.140. The Labute approximate surface area is 217 Å². The lowest BCUT2D eigenvalue weighted by atomic mass is 10.2. The van der Waals surface area contributed by atoms with Crippen molar-refractivity contribution >= 4 is 86.1 Å². The molecule has 0 saturated heterocycles. The third kappa shape index (κ3) is 5.51. The number of pyridine rings is 1. The Morgan fingerprint density at radius 1 is 1.24 bits per heavy atom. The van der Waals surface area contributed by atoms with E-state index in [1.165, 1.54) is 4.34 Å². The van der Waals surface area contributed by atoms with Gasteiger partial charge in [0.15, 0.2) is 17.2 Å². The van der Waals surface area contributed by atoms with Crippen LogP contribution >= 0.6 is 63.6 Å². The van der Waals surface area contributed by atoms with Crippen molar-refractivity contribution in [3.8, 4) is 16.3 Å². The summed E-state index contributed by atoms with van der Waals surface area (Å²) in [4.78, 5) is 12.9. The lowest BCUT2D eigenvalue weighted by Crippen LogP contribution is -2.03. The van der Waals surface area contributed by atoms with E-state index in [1.807, 2.05) is 70.9 Å². The van der Waals surface area contributed by atoms with E-state index in [1.54, 1.807) is 17.4 Å². The first kappa shape index (κ1) is 24.8. The summed E-state index contributed by atoms with van der Waals surface area (Å²) < 4.78 is 36.2. The van der Waals surface area contributed by atoms with E-state index in [9.17, 15) is 8.78 Å². The number of halogens is 4. The van der Waals surface area contributed by atoms with Gasteiger partial charge in [-0.15, -0.1) is 11.3 Å². The molecule has 0 fully saturated rings. The number of benzene rings is 1. The smallest absolute Gasteiger partial charge is 0.295 e. The van der Waals surface area contributed by atoms with Gasteiger partial charge in [0.25, 0.3) is 6.43 Å². The van der Waals surface area contributed by atoms with Crippen LogP contribution in [-0.4, -0.2) is 37.7 Å². The molecule has 0 spiro atoms. The van der Waals surface area contributed by atoms with Crippen molar-refractivity contribution in [3.05, 3.63) is 46.3 Å². The van der Waals surface area contributed by atoms with E-state index < -0.39 is 6.43 Å². The fraction of sp³-hybridized carbons (Fsp3) is 0.211. The highest BCUT2D eigenvalue weighted by Gasteiger charge is 2.23. The van der Waals surface area contributed by atoms with Crippen LogP contribution in [0.15, 0.2) is 29.6 Å². The van der Waals surface area contributed by atoms with Crippen LogP contribution < -0.4 is 9.50 Å². The van der Waals surface area contributed by atoms with Crippen LogP contribution in [0.5, 0.6) is 5.75 Å². The van der Waals surface area contributed by atoms with Crippen LogP contribution in [0.3, 0.4) is 0 Å². The van der Waals surface area contributed by atoms with Crippen LogP contribution in [0.1, 0.15) is 17.9 Å². The third-order valence-electron chi connectivity index (χ3n) is 4.28. The number of rotatable bonds is 8. The standard InChI is InChI=1S/C19H17ClF2IN6OPS2/c1-9-8-32-19(24-9)10-4-5-11(13(6-10)30-33-28(2)3)25-12-7-14(20)26-17-15(12)27-18(16(21)22)29(17)31-23/h4-8,16,31H,1-3H3,(H,25,26). The van der Waals surface area contributed by atoms with Gasteiger partial charge in [0.1, 0.15) is 27.9 Å². The van der Waals surface area contributed by atoms with Gasteiger partial charge in [-0.3, -0.25) is 4.34 Å². The highest BCUT2D eigenvalue weighted by atomic mass is 127. The molecule has 4 rings (SSSR count). The Kier molecular flexibility index (Phi) is 7.91. The number of alkyl halides is 2. The van der Waals surface area contributed by atoms with Crippen molar-refractivity contribution in [1.29, 1.82) is 0 Å². The molecule has 1 aromatic carbocycles. The van der Waals surface area contributed by atoms with Crippen molar-refractivity contribution < 1.29 is 13.0 Å². The molecule has 0 aliphatic heterocycles. The first-order valence-corrected chi connectivity index (χ1v) is 15.4. The molecule has 0 amide bonds. The number of nitrogens with zero attached hydrogens (tertiary/aromatic N) is 5. The van der Waals surface area contributed by atoms with E-state index in [4.69, 9.17) is 15.8 Å². The molecule has 1 unspecified atom stereocenters. The summed E-state index contributed by atoms with van der Waals surface area (Å²) in [6, 6.07) is 7.21. The summed E-state index contributed by atoms with van der Waals surface area (Å²) in [7, 11) is 3.72. The number of thiazole rings is 1. The zero-order chi connectivity index (χ0) is 23.7.